The van der Waals surface area contributed by atoms with Gasteiger partial charge in [0.1, 0.15) is 25.0 Å². The molecule has 30 heavy (non-hydrogen) atoms. The second kappa shape index (κ2) is 10.5. The van der Waals surface area contributed by atoms with Crippen LogP contribution in [0.4, 0.5) is 0 Å². The van der Waals surface area contributed by atoms with Gasteiger partial charge in [-0.1, -0.05) is 43.3 Å². The van der Waals surface area contributed by atoms with Crippen molar-refractivity contribution in [3.8, 4) is 5.75 Å². The SMILES string of the molecule is CCOc1cccc(C(=O)C[N+]2(CC(=O)c3ccc(CC)cc3)C=CN(C)C2)c1.[Br-]. The number of nitrogens with zero attached hydrogens (tertiary/aromatic N) is 2. The zero-order chi connectivity index (χ0) is 20.9. The minimum atomic E-state index is 0. The third kappa shape index (κ3) is 5.80. The fourth-order valence-electron chi connectivity index (χ4n) is 3.66. The van der Waals surface area contributed by atoms with Gasteiger partial charge < -0.3 is 26.6 Å². The number of hydrogen-bond donors (Lipinski definition) is 0. The van der Waals surface area contributed by atoms with Crippen LogP contribution in [0.25, 0.3) is 0 Å². The highest BCUT2D eigenvalue weighted by Crippen LogP contribution is 2.22. The zero-order valence-electron chi connectivity index (χ0n) is 17.8. The van der Waals surface area contributed by atoms with E-state index in [-0.39, 0.29) is 41.6 Å². The minimum absolute atomic E-state index is 0. The van der Waals surface area contributed by atoms with Gasteiger partial charge in [0.25, 0.3) is 0 Å². The standard InChI is InChI=1S/C24H29N2O3.BrH/c1-4-19-9-11-20(12-10-19)23(27)16-26(14-13-25(3)18-26)17-24(28)21-7-6-8-22(15-21)29-5-2;/h6-15H,4-5,16-18H2,1-3H3;1H/q+1;/p-1. The summed E-state index contributed by atoms with van der Waals surface area (Å²) < 4.78 is 5.81. The monoisotopic (exact) mass is 472 g/mol. The zero-order valence-corrected chi connectivity index (χ0v) is 19.4. The first-order valence-electron chi connectivity index (χ1n) is 10.1. The molecule has 0 aliphatic carbocycles. The maximum atomic E-state index is 13.0. The summed E-state index contributed by atoms with van der Waals surface area (Å²) in [5.41, 5.74) is 2.50. The Morgan fingerprint density at radius 2 is 1.67 bits per heavy atom. The Kier molecular flexibility index (Phi) is 8.38. The number of halogens is 1. The van der Waals surface area contributed by atoms with Gasteiger partial charge in [-0.3, -0.25) is 14.1 Å². The van der Waals surface area contributed by atoms with Crippen LogP contribution >= 0.6 is 0 Å². The Bertz CT molecular complexity index is 911. The Morgan fingerprint density at radius 1 is 1.00 bits per heavy atom. The Balaban J connectivity index is 0.00000320. The lowest BCUT2D eigenvalue weighted by atomic mass is 10.1. The average Bonchev–Trinajstić information content (AvgIpc) is 3.08. The predicted molar refractivity (Wildman–Crippen MR) is 114 cm³/mol. The van der Waals surface area contributed by atoms with E-state index in [9.17, 15) is 9.59 Å². The first-order valence-corrected chi connectivity index (χ1v) is 10.1. The van der Waals surface area contributed by atoms with Crippen LogP contribution in [0.3, 0.4) is 0 Å². The number of aryl methyl sites for hydroxylation is 1. The molecule has 1 atom stereocenters. The van der Waals surface area contributed by atoms with Crippen molar-refractivity contribution in [1.82, 2.24) is 4.90 Å². The predicted octanol–water partition coefficient (Wildman–Crippen LogP) is 0.908. The molecule has 1 heterocycles. The maximum absolute atomic E-state index is 13.0. The molecule has 0 fully saturated rings. The molecule has 1 unspecified atom stereocenters. The molecule has 1 aliphatic heterocycles. The molecule has 0 aromatic heterocycles. The van der Waals surface area contributed by atoms with Crippen molar-refractivity contribution in [2.45, 2.75) is 20.3 Å². The van der Waals surface area contributed by atoms with Gasteiger partial charge in [0.2, 0.25) is 11.6 Å². The molecular weight excluding hydrogens is 444 g/mol. The summed E-state index contributed by atoms with van der Waals surface area (Å²) in [5.74, 6) is 0.732. The summed E-state index contributed by atoms with van der Waals surface area (Å²) in [6, 6.07) is 15.0. The molecule has 3 rings (SSSR count). The van der Waals surface area contributed by atoms with E-state index >= 15 is 0 Å². The lowest BCUT2D eigenvalue weighted by molar-refractivity contribution is -0.864. The molecule has 2 aromatic carbocycles. The van der Waals surface area contributed by atoms with Crippen molar-refractivity contribution in [2.24, 2.45) is 0 Å². The lowest BCUT2D eigenvalue weighted by Crippen LogP contribution is -3.00. The summed E-state index contributed by atoms with van der Waals surface area (Å²) >= 11 is 0. The van der Waals surface area contributed by atoms with Crippen LogP contribution in [-0.4, -0.2) is 54.4 Å². The Labute approximate surface area is 189 Å². The van der Waals surface area contributed by atoms with Gasteiger partial charge in [0, 0.05) is 18.2 Å². The fourth-order valence-corrected chi connectivity index (χ4v) is 3.66. The largest absolute Gasteiger partial charge is 1.00 e. The van der Waals surface area contributed by atoms with E-state index in [0.717, 1.165) is 6.42 Å². The molecule has 0 N–H and O–H groups in total. The van der Waals surface area contributed by atoms with E-state index < -0.39 is 0 Å². The van der Waals surface area contributed by atoms with Gasteiger partial charge in [0.05, 0.1) is 12.8 Å². The minimum Gasteiger partial charge on any atom is -1.00 e. The summed E-state index contributed by atoms with van der Waals surface area (Å²) in [7, 11) is 1.96. The van der Waals surface area contributed by atoms with Crippen molar-refractivity contribution in [3.05, 3.63) is 77.6 Å². The number of carbonyl (C=O) groups excluding carboxylic acids is 2. The summed E-state index contributed by atoms with van der Waals surface area (Å²) in [5, 5.41) is 0. The molecule has 6 heteroatoms. The van der Waals surface area contributed by atoms with Gasteiger partial charge in [-0.15, -0.1) is 0 Å². The number of ketones is 2. The Morgan fingerprint density at radius 3 is 2.23 bits per heavy atom. The molecule has 1 aliphatic rings. The Hall–Kier alpha value is -2.44. The van der Waals surface area contributed by atoms with E-state index in [2.05, 4.69) is 6.92 Å². The van der Waals surface area contributed by atoms with Crippen LogP contribution in [0.15, 0.2) is 60.9 Å². The van der Waals surface area contributed by atoms with Crippen LogP contribution < -0.4 is 21.7 Å². The van der Waals surface area contributed by atoms with Crippen LogP contribution in [0.2, 0.25) is 0 Å². The van der Waals surface area contributed by atoms with Crippen LogP contribution in [0.1, 0.15) is 40.1 Å². The van der Waals surface area contributed by atoms with E-state index in [1.807, 2.05) is 67.7 Å². The lowest BCUT2D eigenvalue weighted by Gasteiger charge is -2.31. The highest BCUT2D eigenvalue weighted by Gasteiger charge is 2.36. The maximum Gasteiger partial charge on any atom is 0.217 e. The molecule has 0 amide bonds. The third-order valence-electron chi connectivity index (χ3n) is 5.21. The van der Waals surface area contributed by atoms with Gasteiger partial charge >= 0.3 is 0 Å². The van der Waals surface area contributed by atoms with Gasteiger partial charge in [-0.2, -0.15) is 0 Å². The van der Waals surface area contributed by atoms with Crippen molar-refractivity contribution in [2.75, 3.05) is 33.4 Å². The first-order chi connectivity index (χ1) is 13.9. The van der Waals surface area contributed by atoms with E-state index in [1.165, 1.54) is 5.56 Å². The van der Waals surface area contributed by atoms with E-state index in [4.69, 9.17) is 4.74 Å². The highest BCUT2D eigenvalue weighted by molar-refractivity contribution is 5.99. The number of quaternary nitrogens is 1. The number of benzene rings is 2. The molecule has 2 aromatic rings. The number of Topliss-reactive ketones (excluding diaryl/α,β-unsaturated/α-hetero) is 2. The average molecular weight is 473 g/mol. The molecule has 0 saturated heterocycles. The summed E-state index contributed by atoms with van der Waals surface area (Å²) in [6.45, 7) is 5.64. The van der Waals surface area contributed by atoms with Gasteiger partial charge in [-0.25, -0.2) is 0 Å². The quantitative estimate of drug-likeness (QED) is 0.402. The smallest absolute Gasteiger partial charge is 0.217 e. The van der Waals surface area contributed by atoms with Crippen LogP contribution in [0.5, 0.6) is 5.75 Å². The molecule has 0 radical (unpaired) electrons. The summed E-state index contributed by atoms with van der Waals surface area (Å²) in [4.78, 5) is 28.0. The molecule has 160 valence electrons. The molecule has 0 bridgehead atoms. The molecule has 0 saturated carbocycles. The highest BCUT2D eigenvalue weighted by atomic mass is 79.9. The second-order valence-electron chi connectivity index (χ2n) is 7.59. The van der Waals surface area contributed by atoms with Gasteiger partial charge in [-0.05, 0) is 31.0 Å². The number of carbonyl (C=O) groups is 2. The van der Waals surface area contributed by atoms with Gasteiger partial charge in [0.15, 0.2) is 6.67 Å². The fraction of sp³-hybridized carbons (Fsp3) is 0.333. The second-order valence-corrected chi connectivity index (χ2v) is 7.59. The number of rotatable bonds is 9. The van der Waals surface area contributed by atoms with Crippen molar-refractivity contribution >= 4 is 11.6 Å². The van der Waals surface area contributed by atoms with E-state index in [1.54, 1.807) is 12.1 Å². The summed E-state index contributed by atoms with van der Waals surface area (Å²) in [6.07, 6.45) is 4.84. The third-order valence-corrected chi connectivity index (χ3v) is 5.21. The number of hydrogen-bond acceptors (Lipinski definition) is 4. The van der Waals surface area contributed by atoms with Crippen molar-refractivity contribution in [1.29, 1.82) is 0 Å². The topological polar surface area (TPSA) is 46.6 Å². The molecular formula is C24H29BrN2O3. The van der Waals surface area contributed by atoms with Crippen molar-refractivity contribution < 1.29 is 35.8 Å². The molecule has 0 spiro atoms. The normalized spacial score (nSPS) is 17.5. The first kappa shape index (κ1) is 23.8. The van der Waals surface area contributed by atoms with Crippen molar-refractivity contribution in [3.63, 3.8) is 0 Å². The molecule has 5 nitrogen and oxygen atoms in total. The van der Waals surface area contributed by atoms with E-state index in [0.29, 0.717) is 34.6 Å². The van der Waals surface area contributed by atoms with Crippen LogP contribution in [0, 0.1) is 0 Å². The number of ether oxygens (including phenoxy) is 1. The van der Waals surface area contributed by atoms with Crippen LogP contribution in [-0.2, 0) is 6.42 Å².